The van der Waals surface area contributed by atoms with E-state index >= 15 is 0 Å². The van der Waals surface area contributed by atoms with E-state index in [1.54, 1.807) is 12.1 Å². The summed E-state index contributed by atoms with van der Waals surface area (Å²) in [5.41, 5.74) is 2.52. The number of hydrogen-bond donors (Lipinski definition) is 0. The second-order valence-electron chi connectivity index (χ2n) is 5.51. The van der Waals surface area contributed by atoms with Crippen LogP contribution in [0.25, 0.3) is 0 Å². The molecule has 0 saturated heterocycles. The van der Waals surface area contributed by atoms with E-state index in [9.17, 15) is 4.39 Å². The lowest BCUT2D eigenvalue weighted by molar-refractivity contribution is 0.287. The Hall–Kier alpha value is -2.17. The molecule has 0 fully saturated rings. The van der Waals surface area contributed by atoms with Crippen LogP contribution in [0.1, 0.15) is 42.4 Å². The van der Waals surface area contributed by atoms with E-state index in [0.717, 1.165) is 22.6 Å². The molecule has 4 nitrogen and oxygen atoms in total. The van der Waals surface area contributed by atoms with Gasteiger partial charge in [0, 0.05) is 17.2 Å². The summed E-state index contributed by atoms with van der Waals surface area (Å²) in [7, 11) is 1.44. The Balaban J connectivity index is 2.19. The number of methoxy groups -OCH3 is 1. The molecule has 0 aliphatic carbocycles. The van der Waals surface area contributed by atoms with Gasteiger partial charge in [-0.1, -0.05) is 19.9 Å². The van der Waals surface area contributed by atoms with Gasteiger partial charge in [0.1, 0.15) is 12.4 Å². The summed E-state index contributed by atoms with van der Waals surface area (Å²) < 4.78 is 24.4. The second-order valence-corrected chi connectivity index (χ2v) is 5.51. The first kappa shape index (κ1) is 16.2. The van der Waals surface area contributed by atoms with Crippen molar-refractivity contribution in [1.29, 1.82) is 0 Å². The van der Waals surface area contributed by atoms with E-state index < -0.39 is 5.82 Å². The predicted molar refractivity (Wildman–Crippen MR) is 82.9 cm³/mol. The van der Waals surface area contributed by atoms with Crippen LogP contribution in [0.5, 0.6) is 11.6 Å². The lowest BCUT2D eigenvalue weighted by atomic mass is 10.2. The standard InChI is InChI=1S/C17H21FN2O2/c1-10(2)16-19-12(4)11(3)17(20-16)22-9-13-6-7-15(21-5)14(18)8-13/h6-8,10H,9H2,1-5H3. The van der Waals surface area contributed by atoms with Crippen molar-refractivity contribution in [1.82, 2.24) is 9.97 Å². The van der Waals surface area contributed by atoms with Gasteiger partial charge in [-0.05, 0) is 31.5 Å². The molecule has 0 unspecified atom stereocenters. The molecule has 0 spiro atoms. The average molecular weight is 304 g/mol. The zero-order valence-electron chi connectivity index (χ0n) is 13.6. The lowest BCUT2D eigenvalue weighted by Gasteiger charge is -2.13. The average Bonchev–Trinajstić information content (AvgIpc) is 2.48. The second kappa shape index (κ2) is 6.73. The zero-order chi connectivity index (χ0) is 16.3. The molecule has 0 amide bonds. The minimum atomic E-state index is -0.401. The SMILES string of the molecule is COc1ccc(COc2nc(C(C)C)nc(C)c2C)cc1F. The van der Waals surface area contributed by atoms with Crippen molar-refractivity contribution < 1.29 is 13.9 Å². The maximum atomic E-state index is 13.7. The number of rotatable bonds is 5. The van der Waals surface area contributed by atoms with Gasteiger partial charge in [-0.2, -0.15) is 4.98 Å². The number of nitrogens with zero attached hydrogens (tertiary/aromatic N) is 2. The van der Waals surface area contributed by atoms with E-state index in [2.05, 4.69) is 9.97 Å². The molecule has 2 rings (SSSR count). The summed E-state index contributed by atoms with van der Waals surface area (Å²) in [6, 6.07) is 4.77. The molecule has 0 aliphatic rings. The number of halogens is 1. The molecule has 0 bridgehead atoms. The quantitative estimate of drug-likeness (QED) is 0.839. The first-order valence-electron chi connectivity index (χ1n) is 7.22. The van der Waals surface area contributed by atoms with Crippen molar-refractivity contribution in [3.05, 3.63) is 46.7 Å². The Labute approximate surface area is 130 Å². The monoisotopic (exact) mass is 304 g/mol. The van der Waals surface area contributed by atoms with Crippen LogP contribution in [-0.2, 0) is 6.61 Å². The van der Waals surface area contributed by atoms with Crippen LogP contribution >= 0.6 is 0 Å². The molecule has 0 aliphatic heterocycles. The number of benzene rings is 1. The van der Waals surface area contributed by atoms with Crippen molar-refractivity contribution in [3.8, 4) is 11.6 Å². The molecule has 22 heavy (non-hydrogen) atoms. The maximum Gasteiger partial charge on any atom is 0.220 e. The highest BCUT2D eigenvalue weighted by Crippen LogP contribution is 2.23. The molecular formula is C17H21FN2O2. The highest BCUT2D eigenvalue weighted by Gasteiger charge is 2.12. The van der Waals surface area contributed by atoms with Crippen molar-refractivity contribution >= 4 is 0 Å². The smallest absolute Gasteiger partial charge is 0.220 e. The number of hydrogen-bond acceptors (Lipinski definition) is 4. The van der Waals surface area contributed by atoms with Crippen LogP contribution in [-0.4, -0.2) is 17.1 Å². The Morgan fingerprint density at radius 1 is 1.18 bits per heavy atom. The molecule has 118 valence electrons. The van der Waals surface area contributed by atoms with Crippen LogP contribution in [0, 0.1) is 19.7 Å². The number of aryl methyl sites for hydroxylation is 1. The summed E-state index contributed by atoms with van der Waals surface area (Å²) >= 11 is 0. The summed E-state index contributed by atoms with van der Waals surface area (Å²) in [4.78, 5) is 8.91. The third-order valence-corrected chi connectivity index (χ3v) is 3.47. The van der Waals surface area contributed by atoms with E-state index in [1.807, 2.05) is 27.7 Å². The van der Waals surface area contributed by atoms with E-state index in [4.69, 9.17) is 9.47 Å². The van der Waals surface area contributed by atoms with E-state index in [-0.39, 0.29) is 18.3 Å². The zero-order valence-corrected chi connectivity index (χ0v) is 13.6. The summed E-state index contributed by atoms with van der Waals surface area (Å²) in [5, 5.41) is 0. The van der Waals surface area contributed by atoms with E-state index in [1.165, 1.54) is 13.2 Å². The fourth-order valence-electron chi connectivity index (χ4n) is 1.97. The van der Waals surface area contributed by atoms with Crippen LogP contribution in [0.15, 0.2) is 18.2 Å². The highest BCUT2D eigenvalue weighted by atomic mass is 19.1. The molecule has 0 saturated carbocycles. The molecule has 1 aromatic carbocycles. The summed E-state index contributed by atoms with van der Waals surface area (Å²) in [6.07, 6.45) is 0. The molecule has 0 radical (unpaired) electrons. The molecule has 5 heteroatoms. The van der Waals surface area contributed by atoms with Crippen LogP contribution in [0.2, 0.25) is 0 Å². The largest absolute Gasteiger partial charge is 0.494 e. The molecular weight excluding hydrogens is 283 g/mol. The Bertz CT molecular complexity index is 672. The molecule has 1 heterocycles. The summed E-state index contributed by atoms with van der Waals surface area (Å²) in [6.45, 7) is 8.17. The molecule has 1 aromatic heterocycles. The molecule has 2 aromatic rings. The van der Waals surface area contributed by atoms with Crippen LogP contribution < -0.4 is 9.47 Å². The normalized spacial score (nSPS) is 10.9. The van der Waals surface area contributed by atoms with Crippen LogP contribution in [0.4, 0.5) is 4.39 Å². The van der Waals surface area contributed by atoms with Gasteiger partial charge in [-0.25, -0.2) is 9.37 Å². The van der Waals surface area contributed by atoms with Crippen molar-refractivity contribution in [2.24, 2.45) is 0 Å². The van der Waals surface area contributed by atoms with Gasteiger partial charge in [0.25, 0.3) is 0 Å². The van der Waals surface area contributed by atoms with Gasteiger partial charge >= 0.3 is 0 Å². The maximum absolute atomic E-state index is 13.7. The topological polar surface area (TPSA) is 44.2 Å². The van der Waals surface area contributed by atoms with Crippen LogP contribution in [0.3, 0.4) is 0 Å². The third kappa shape index (κ3) is 3.53. The van der Waals surface area contributed by atoms with Gasteiger partial charge in [-0.3, -0.25) is 0 Å². The number of ether oxygens (including phenoxy) is 2. The fraction of sp³-hybridized carbons (Fsp3) is 0.412. The first-order valence-corrected chi connectivity index (χ1v) is 7.22. The Kier molecular flexibility index (Phi) is 4.96. The van der Waals surface area contributed by atoms with Crippen molar-refractivity contribution in [3.63, 3.8) is 0 Å². The predicted octanol–water partition coefficient (Wildman–Crippen LogP) is 3.94. The lowest BCUT2D eigenvalue weighted by Crippen LogP contribution is -2.07. The van der Waals surface area contributed by atoms with Gasteiger partial charge in [-0.15, -0.1) is 0 Å². The Morgan fingerprint density at radius 2 is 1.91 bits per heavy atom. The van der Waals surface area contributed by atoms with Crippen molar-refractivity contribution in [2.45, 2.75) is 40.2 Å². The van der Waals surface area contributed by atoms with Gasteiger partial charge in [0.05, 0.1) is 7.11 Å². The minimum Gasteiger partial charge on any atom is -0.494 e. The molecule has 0 N–H and O–H groups in total. The van der Waals surface area contributed by atoms with Crippen molar-refractivity contribution in [2.75, 3.05) is 7.11 Å². The van der Waals surface area contributed by atoms with Gasteiger partial charge in [0.2, 0.25) is 5.88 Å². The highest BCUT2D eigenvalue weighted by molar-refractivity contribution is 5.31. The summed E-state index contributed by atoms with van der Waals surface area (Å²) in [5.74, 6) is 1.34. The molecule has 0 atom stereocenters. The fourth-order valence-corrected chi connectivity index (χ4v) is 1.97. The minimum absolute atomic E-state index is 0.222. The van der Waals surface area contributed by atoms with Gasteiger partial charge < -0.3 is 9.47 Å². The first-order chi connectivity index (χ1) is 10.4. The Morgan fingerprint density at radius 3 is 2.50 bits per heavy atom. The van der Waals surface area contributed by atoms with E-state index in [0.29, 0.717) is 5.88 Å². The van der Waals surface area contributed by atoms with Gasteiger partial charge in [0.15, 0.2) is 11.6 Å². The number of aromatic nitrogens is 2. The third-order valence-electron chi connectivity index (χ3n) is 3.47.